The summed E-state index contributed by atoms with van der Waals surface area (Å²) in [7, 11) is 1.64. The van der Waals surface area contributed by atoms with Gasteiger partial charge >= 0.3 is 0 Å². The SMILES string of the molecule is COc1ccc(-c2ncnc(Nc3ccc(NC(=O)c4ccc(N)cc4)cc3)c2C)cc1. The van der Waals surface area contributed by atoms with Gasteiger partial charge in [0, 0.05) is 33.8 Å². The number of methoxy groups -OCH3 is 1. The Hall–Kier alpha value is -4.39. The summed E-state index contributed by atoms with van der Waals surface area (Å²) in [4.78, 5) is 21.2. The molecule has 1 amide bonds. The molecule has 1 heterocycles. The molecule has 0 fully saturated rings. The number of hydrogen-bond donors (Lipinski definition) is 3. The van der Waals surface area contributed by atoms with E-state index in [1.54, 1.807) is 31.4 Å². The molecular formula is C25H23N5O2. The lowest BCUT2D eigenvalue weighted by atomic mass is 10.1. The molecule has 0 aliphatic heterocycles. The molecule has 0 aliphatic rings. The molecule has 160 valence electrons. The Bertz CT molecular complexity index is 1220. The minimum atomic E-state index is -0.193. The predicted octanol–water partition coefficient (Wildman–Crippen LogP) is 5.04. The normalized spacial score (nSPS) is 10.4. The third-order valence-corrected chi connectivity index (χ3v) is 5.03. The van der Waals surface area contributed by atoms with Crippen molar-refractivity contribution in [2.24, 2.45) is 0 Å². The lowest BCUT2D eigenvalue weighted by Crippen LogP contribution is -2.11. The molecule has 3 aromatic carbocycles. The van der Waals surface area contributed by atoms with E-state index in [4.69, 9.17) is 10.5 Å². The highest BCUT2D eigenvalue weighted by atomic mass is 16.5. The Labute approximate surface area is 186 Å². The Morgan fingerprint density at radius 1 is 0.875 bits per heavy atom. The highest BCUT2D eigenvalue weighted by Gasteiger charge is 2.10. The van der Waals surface area contributed by atoms with Crippen LogP contribution in [0.5, 0.6) is 5.75 Å². The average molecular weight is 425 g/mol. The van der Waals surface area contributed by atoms with E-state index in [1.165, 1.54) is 6.33 Å². The number of benzene rings is 3. The number of carbonyl (C=O) groups excluding carboxylic acids is 1. The van der Waals surface area contributed by atoms with Crippen LogP contribution in [0.15, 0.2) is 79.1 Å². The van der Waals surface area contributed by atoms with Gasteiger partial charge in [0.25, 0.3) is 5.91 Å². The maximum absolute atomic E-state index is 12.4. The van der Waals surface area contributed by atoms with Crippen LogP contribution in [0.25, 0.3) is 11.3 Å². The van der Waals surface area contributed by atoms with Gasteiger partial charge in [-0.15, -0.1) is 0 Å². The van der Waals surface area contributed by atoms with E-state index in [2.05, 4.69) is 20.6 Å². The molecule has 0 saturated heterocycles. The molecule has 7 nitrogen and oxygen atoms in total. The summed E-state index contributed by atoms with van der Waals surface area (Å²) < 4.78 is 5.23. The number of hydrogen-bond acceptors (Lipinski definition) is 6. The van der Waals surface area contributed by atoms with Gasteiger partial charge in [0.05, 0.1) is 12.8 Å². The summed E-state index contributed by atoms with van der Waals surface area (Å²) in [6, 6.07) is 22.0. The molecule has 0 aliphatic carbocycles. The van der Waals surface area contributed by atoms with Crippen LogP contribution in [-0.4, -0.2) is 23.0 Å². The largest absolute Gasteiger partial charge is 0.497 e. The number of nitrogens with two attached hydrogens (primary N) is 1. The van der Waals surface area contributed by atoms with Crippen molar-refractivity contribution in [3.63, 3.8) is 0 Å². The number of nitrogens with one attached hydrogen (secondary N) is 2. The van der Waals surface area contributed by atoms with Gasteiger partial charge in [-0.3, -0.25) is 4.79 Å². The van der Waals surface area contributed by atoms with Crippen molar-refractivity contribution < 1.29 is 9.53 Å². The van der Waals surface area contributed by atoms with E-state index in [1.807, 2.05) is 55.5 Å². The standard InChI is InChI=1S/C25H23N5O2/c1-16-23(17-5-13-22(32-2)14-6-17)27-15-28-24(16)29-20-9-11-21(12-10-20)30-25(31)18-3-7-19(26)8-4-18/h3-15H,26H2,1-2H3,(H,30,31)(H,27,28,29). The number of anilines is 4. The van der Waals surface area contributed by atoms with Crippen molar-refractivity contribution in [2.45, 2.75) is 6.92 Å². The zero-order valence-corrected chi connectivity index (χ0v) is 17.8. The molecule has 0 radical (unpaired) electrons. The van der Waals surface area contributed by atoms with Crippen molar-refractivity contribution in [3.8, 4) is 17.0 Å². The second-order valence-corrected chi connectivity index (χ2v) is 7.20. The Morgan fingerprint density at radius 2 is 1.53 bits per heavy atom. The van der Waals surface area contributed by atoms with Gasteiger partial charge in [-0.2, -0.15) is 0 Å². The summed E-state index contributed by atoms with van der Waals surface area (Å²) in [6.07, 6.45) is 1.54. The molecule has 0 unspecified atom stereocenters. The molecule has 0 spiro atoms. The monoisotopic (exact) mass is 425 g/mol. The first-order valence-corrected chi connectivity index (χ1v) is 10.0. The third kappa shape index (κ3) is 4.67. The fourth-order valence-electron chi connectivity index (χ4n) is 3.23. The number of aromatic nitrogens is 2. The van der Waals surface area contributed by atoms with E-state index in [9.17, 15) is 4.79 Å². The van der Waals surface area contributed by atoms with Gasteiger partial charge in [0.2, 0.25) is 0 Å². The molecular weight excluding hydrogens is 402 g/mol. The molecule has 1 aromatic heterocycles. The summed E-state index contributed by atoms with van der Waals surface area (Å²) in [5.41, 5.74) is 11.1. The maximum atomic E-state index is 12.4. The van der Waals surface area contributed by atoms with Crippen molar-refractivity contribution >= 4 is 28.8 Å². The van der Waals surface area contributed by atoms with Crippen LogP contribution < -0.4 is 21.1 Å². The second kappa shape index (κ2) is 9.18. The third-order valence-electron chi connectivity index (χ3n) is 5.03. The van der Waals surface area contributed by atoms with Crippen LogP contribution in [0.2, 0.25) is 0 Å². The second-order valence-electron chi connectivity index (χ2n) is 7.20. The van der Waals surface area contributed by atoms with Gasteiger partial charge in [0.15, 0.2) is 0 Å². The first-order chi connectivity index (χ1) is 15.5. The molecule has 7 heteroatoms. The van der Waals surface area contributed by atoms with Gasteiger partial charge < -0.3 is 21.1 Å². The van der Waals surface area contributed by atoms with Crippen LogP contribution in [0.1, 0.15) is 15.9 Å². The van der Waals surface area contributed by atoms with Crippen LogP contribution in [0.4, 0.5) is 22.9 Å². The number of ether oxygens (including phenoxy) is 1. The Balaban J connectivity index is 1.47. The maximum Gasteiger partial charge on any atom is 0.255 e. The zero-order valence-electron chi connectivity index (χ0n) is 17.8. The quantitative estimate of drug-likeness (QED) is 0.374. The van der Waals surface area contributed by atoms with E-state index in [0.29, 0.717) is 22.8 Å². The van der Waals surface area contributed by atoms with E-state index >= 15 is 0 Å². The van der Waals surface area contributed by atoms with Crippen LogP contribution in [0.3, 0.4) is 0 Å². The van der Waals surface area contributed by atoms with Gasteiger partial charge in [-0.25, -0.2) is 9.97 Å². The smallest absolute Gasteiger partial charge is 0.255 e. The molecule has 0 saturated carbocycles. The van der Waals surface area contributed by atoms with Crippen molar-refractivity contribution in [2.75, 3.05) is 23.5 Å². The van der Waals surface area contributed by atoms with E-state index in [-0.39, 0.29) is 5.91 Å². The summed E-state index contributed by atoms with van der Waals surface area (Å²) >= 11 is 0. The summed E-state index contributed by atoms with van der Waals surface area (Å²) in [5, 5.41) is 6.20. The molecule has 32 heavy (non-hydrogen) atoms. The Kier molecular flexibility index (Phi) is 5.98. The van der Waals surface area contributed by atoms with Gasteiger partial charge in [-0.05, 0) is 79.7 Å². The van der Waals surface area contributed by atoms with Gasteiger partial charge in [-0.1, -0.05) is 0 Å². The first kappa shape index (κ1) is 20.9. The van der Waals surface area contributed by atoms with Crippen molar-refractivity contribution in [1.82, 2.24) is 9.97 Å². The van der Waals surface area contributed by atoms with Crippen molar-refractivity contribution in [1.29, 1.82) is 0 Å². The minimum Gasteiger partial charge on any atom is -0.497 e. The lowest BCUT2D eigenvalue weighted by molar-refractivity contribution is 0.102. The fraction of sp³-hybridized carbons (Fsp3) is 0.0800. The summed E-state index contributed by atoms with van der Waals surface area (Å²) in [6.45, 7) is 1.98. The molecule has 0 atom stereocenters. The van der Waals surface area contributed by atoms with E-state index in [0.717, 1.165) is 28.3 Å². The molecule has 4 aromatic rings. The highest BCUT2D eigenvalue weighted by molar-refractivity contribution is 6.04. The minimum absolute atomic E-state index is 0.193. The molecule has 4 N–H and O–H groups in total. The van der Waals surface area contributed by atoms with Crippen molar-refractivity contribution in [3.05, 3.63) is 90.3 Å². The summed E-state index contributed by atoms with van der Waals surface area (Å²) in [5.74, 6) is 1.31. The van der Waals surface area contributed by atoms with Crippen LogP contribution in [0, 0.1) is 6.92 Å². The van der Waals surface area contributed by atoms with Crippen LogP contribution >= 0.6 is 0 Å². The zero-order chi connectivity index (χ0) is 22.5. The van der Waals surface area contributed by atoms with Crippen LogP contribution in [-0.2, 0) is 0 Å². The Morgan fingerprint density at radius 3 is 2.19 bits per heavy atom. The highest BCUT2D eigenvalue weighted by Crippen LogP contribution is 2.28. The average Bonchev–Trinajstić information content (AvgIpc) is 2.82. The first-order valence-electron chi connectivity index (χ1n) is 10.0. The van der Waals surface area contributed by atoms with Gasteiger partial charge in [0.1, 0.15) is 17.9 Å². The number of carbonyl (C=O) groups is 1. The topological polar surface area (TPSA) is 102 Å². The molecule has 0 bridgehead atoms. The number of rotatable bonds is 6. The number of nitrogen functional groups attached to an aromatic ring is 1. The fourth-order valence-corrected chi connectivity index (χ4v) is 3.23. The molecule has 4 rings (SSSR count). The van der Waals surface area contributed by atoms with E-state index < -0.39 is 0 Å². The lowest BCUT2D eigenvalue weighted by Gasteiger charge is -2.13. The number of nitrogens with zero attached hydrogens (tertiary/aromatic N) is 2. The number of amides is 1. The predicted molar refractivity (Wildman–Crippen MR) is 127 cm³/mol.